The van der Waals surface area contributed by atoms with Crippen molar-refractivity contribution in [2.24, 2.45) is 5.10 Å². The average Bonchev–Trinajstić information content (AvgIpc) is 3.12. The first-order valence-corrected chi connectivity index (χ1v) is 10.4. The molecule has 0 aliphatic rings. The highest BCUT2D eigenvalue weighted by molar-refractivity contribution is 7.17. The van der Waals surface area contributed by atoms with Crippen molar-refractivity contribution >= 4 is 56.6 Å². The average molecular weight is 460 g/mol. The number of carbonyl (C=O) groups excluding carboxylic acids is 1. The molecule has 0 aliphatic carbocycles. The second-order valence-corrected chi connectivity index (χ2v) is 8.16. The van der Waals surface area contributed by atoms with Gasteiger partial charge in [0.1, 0.15) is 16.2 Å². The predicted octanol–water partition coefficient (Wildman–Crippen LogP) is 5.89. The molecule has 0 amide bonds. The monoisotopic (exact) mass is 459 g/mol. The van der Waals surface area contributed by atoms with Crippen LogP contribution in [0.3, 0.4) is 0 Å². The molecule has 2 heterocycles. The Morgan fingerprint density at radius 3 is 2.60 bits per heavy atom. The fourth-order valence-electron chi connectivity index (χ4n) is 2.82. The summed E-state index contributed by atoms with van der Waals surface area (Å²) in [6, 6.07) is 14.4. The molecule has 0 fully saturated rings. The number of rotatable bonds is 4. The number of aromatic nitrogens is 1. The second-order valence-electron chi connectivity index (χ2n) is 6.29. The van der Waals surface area contributed by atoms with Gasteiger partial charge in [-0.1, -0.05) is 34.5 Å². The summed E-state index contributed by atoms with van der Waals surface area (Å²) in [4.78, 5) is 16.6. The number of halogens is 2. The fourth-order valence-corrected chi connectivity index (χ4v) is 3.95. The number of fused-ring (bicyclic) bond motifs is 1. The van der Waals surface area contributed by atoms with E-state index in [9.17, 15) is 4.79 Å². The Hall–Kier alpha value is -2.87. The van der Waals surface area contributed by atoms with E-state index in [1.165, 1.54) is 18.4 Å². The lowest BCUT2D eigenvalue weighted by atomic mass is 10.1. The molecule has 4 rings (SSSR count). The zero-order valence-electron chi connectivity index (χ0n) is 15.9. The topological polar surface area (TPSA) is 76.7 Å². The van der Waals surface area contributed by atoms with E-state index in [2.05, 4.69) is 15.5 Å². The highest BCUT2D eigenvalue weighted by atomic mass is 35.5. The highest BCUT2D eigenvalue weighted by Gasteiger charge is 2.15. The van der Waals surface area contributed by atoms with Crippen LogP contribution in [0.2, 0.25) is 10.0 Å². The SMILES string of the molecule is COC(=O)c1sc(N/N=c2\cc(-c3ccc(Cl)cc3)oc3ccc(Cl)cc23)nc1C. The number of anilines is 1. The Kier molecular flexibility index (Phi) is 5.76. The van der Waals surface area contributed by atoms with Gasteiger partial charge in [0.2, 0.25) is 5.13 Å². The molecule has 152 valence electrons. The van der Waals surface area contributed by atoms with Gasteiger partial charge in [0.25, 0.3) is 0 Å². The van der Waals surface area contributed by atoms with E-state index in [1.54, 1.807) is 43.3 Å². The minimum Gasteiger partial charge on any atom is -0.465 e. The van der Waals surface area contributed by atoms with E-state index < -0.39 is 5.97 Å². The number of aryl methyl sites for hydroxylation is 1. The summed E-state index contributed by atoms with van der Waals surface area (Å²) >= 11 is 13.3. The third-order valence-electron chi connectivity index (χ3n) is 4.27. The van der Waals surface area contributed by atoms with Gasteiger partial charge < -0.3 is 9.15 Å². The first-order chi connectivity index (χ1) is 14.4. The van der Waals surface area contributed by atoms with E-state index in [0.717, 1.165) is 10.9 Å². The number of hydrogen-bond acceptors (Lipinski definition) is 7. The summed E-state index contributed by atoms with van der Waals surface area (Å²) in [6.07, 6.45) is 0. The molecular weight excluding hydrogens is 445 g/mol. The summed E-state index contributed by atoms with van der Waals surface area (Å²) in [5, 5.41) is 7.50. The standard InChI is InChI=1S/C21H15Cl2N3O3S/c1-11-19(20(27)28-2)30-21(24-11)26-25-16-10-18(12-3-5-13(22)6-4-12)29-17-8-7-14(23)9-15(16)17/h3-10H,1-2H3,(H,24,26)/b25-16+. The van der Waals surface area contributed by atoms with Crippen LogP contribution in [0, 0.1) is 6.92 Å². The van der Waals surface area contributed by atoms with Crippen molar-refractivity contribution in [3.63, 3.8) is 0 Å². The third-order valence-corrected chi connectivity index (χ3v) is 5.80. The quantitative estimate of drug-likeness (QED) is 0.304. The van der Waals surface area contributed by atoms with Crippen LogP contribution in [0.4, 0.5) is 5.13 Å². The van der Waals surface area contributed by atoms with Crippen LogP contribution in [-0.4, -0.2) is 18.1 Å². The van der Waals surface area contributed by atoms with Gasteiger partial charge in [-0.05, 0) is 49.4 Å². The molecule has 4 aromatic rings. The number of hydrogen-bond donors (Lipinski definition) is 1. The highest BCUT2D eigenvalue weighted by Crippen LogP contribution is 2.26. The molecule has 0 aliphatic heterocycles. The van der Waals surface area contributed by atoms with Gasteiger partial charge in [0.05, 0.1) is 18.2 Å². The molecule has 1 N–H and O–H groups in total. The Morgan fingerprint density at radius 2 is 1.87 bits per heavy atom. The molecule has 0 unspecified atom stereocenters. The Balaban J connectivity index is 1.81. The molecule has 0 bridgehead atoms. The molecule has 0 radical (unpaired) electrons. The van der Waals surface area contributed by atoms with Gasteiger partial charge in [0, 0.05) is 27.1 Å². The number of thiazole rings is 1. The number of nitrogens with one attached hydrogen (secondary N) is 1. The fraction of sp³-hybridized carbons (Fsp3) is 0.0952. The lowest BCUT2D eigenvalue weighted by Gasteiger charge is -2.06. The smallest absolute Gasteiger partial charge is 0.350 e. The number of benzene rings is 2. The van der Waals surface area contributed by atoms with E-state index in [4.69, 9.17) is 32.4 Å². The van der Waals surface area contributed by atoms with E-state index in [-0.39, 0.29) is 0 Å². The first-order valence-electron chi connectivity index (χ1n) is 8.79. The van der Waals surface area contributed by atoms with Crippen LogP contribution in [-0.2, 0) is 4.74 Å². The van der Waals surface area contributed by atoms with Crippen LogP contribution in [0.5, 0.6) is 0 Å². The van der Waals surface area contributed by atoms with Crippen molar-refractivity contribution in [3.05, 3.63) is 74.5 Å². The molecule has 0 atom stereocenters. The maximum Gasteiger partial charge on any atom is 0.350 e. The van der Waals surface area contributed by atoms with Gasteiger partial charge in [-0.15, -0.1) is 0 Å². The maximum atomic E-state index is 11.8. The number of carbonyl (C=O) groups is 1. The molecule has 0 saturated heterocycles. The number of ether oxygens (including phenoxy) is 1. The predicted molar refractivity (Wildman–Crippen MR) is 119 cm³/mol. The minimum absolute atomic E-state index is 0.424. The Labute approximate surface area is 185 Å². The Morgan fingerprint density at radius 1 is 1.13 bits per heavy atom. The van der Waals surface area contributed by atoms with Crippen molar-refractivity contribution in [1.29, 1.82) is 0 Å². The molecule has 0 spiro atoms. The van der Waals surface area contributed by atoms with Gasteiger partial charge in [0.15, 0.2) is 0 Å². The molecule has 2 aromatic carbocycles. The van der Waals surface area contributed by atoms with Crippen molar-refractivity contribution in [2.45, 2.75) is 6.92 Å². The van der Waals surface area contributed by atoms with Crippen molar-refractivity contribution in [2.75, 3.05) is 12.5 Å². The number of nitrogens with zero attached hydrogens (tertiary/aromatic N) is 2. The second kappa shape index (κ2) is 8.47. The summed E-state index contributed by atoms with van der Waals surface area (Å²) in [5.41, 5.74) is 4.97. The van der Waals surface area contributed by atoms with Gasteiger partial charge in [-0.3, -0.25) is 5.43 Å². The van der Waals surface area contributed by atoms with Crippen LogP contribution in [0.25, 0.3) is 22.3 Å². The molecule has 2 aromatic heterocycles. The van der Waals surface area contributed by atoms with Gasteiger partial charge in [-0.2, -0.15) is 5.10 Å². The minimum atomic E-state index is -0.432. The van der Waals surface area contributed by atoms with Crippen LogP contribution in [0.1, 0.15) is 15.4 Å². The molecule has 9 heteroatoms. The van der Waals surface area contributed by atoms with Crippen LogP contribution < -0.4 is 10.8 Å². The molecule has 30 heavy (non-hydrogen) atoms. The third kappa shape index (κ3) is 4.18. The zero-order valence-corrected chi connectivity index (χ0v) is 18.2. The normalized spacial score (nSPS) is 11.7. The van der Waals surface area contributed by atoms with E-state index in [0.29, 0.717) is 42.4 Å². The summed E-state index contributed by atoms with van der Waals surface area (Å²) in [5.74, 6) is 0.187. The molecule has 0 saturated carbocycles. The largest absolute Gasteiger partial charge is 0.465 e. The van der Waals surface area contributed by atoms with Crippen molar-refractivity contribution in [1.82, 2.24) is 4.98 Å². The van der Waals surface area contributed by atoms with Crippen molar-refractivity contribution < 1.29 is 13.9 Å². The number of methoxy groups -OCH3 is 1. The molecular formula is C21H15Cl2N3O3S. The van der Waals surface area contributed by atoms with E-state index >= 15 is 0 Å². The lowest BCUT2D eigenvalue weighted by molar-refractivity contribution is 0.0605. The zero-order chi connectivity index (χ0) is 21.3. The van der Waals surface area contributed by atoms with Crippen molar-refractivity contribution in [3.8, 4) is 11.3 Å². The summed E-state index contributed by atoms with van der Waals surface area (Å²) in [7, 11) is 1.33. The number of esters is 1. The lowest BCUT2D eigenvalue weighted by Crippen LogP contribution is -2.07. The summed E-state index contributed by atoms with van der Waals surface area (Å²) in [6.45, 7) is 1.74. The first kappa shape index (κ1) is 20.4. The summed E-state index contributed by atoms with van der Waals surface area (Å²) < 4.78 is 10.8. The molecule has 6 nitrogen and oxygen atoms in total. The van der Waals surface area contributed by atoms with Gasteiger partial charge in [-0.25, -0.2) is 9.78 Å². The maximum absolute atomic E-state index is 11.8. The van der Waals surface area contributed by atoms with Crippen LogP contribution >= 0.6 is 34.5 Å². The Bertz CT molecular complexity index is 1310. The van der Waals surface area contributed by atoms with Crippen LogP contribution in [0.15, 0.2) is 58.0 Å². The van der Waals surface area contributed by atoms with Gasteiger partial charge >= 0.3 is 5.97 Å². The van der Waals surface area contributed by atoms with E-state index in [1.807, 2.05) is 12.1 Å².